The Kier molecular flexibility index (Phi) is 6.32. The molecule has 3 aromatic rings. The number of carbonyl (C=O) groups excluding carboxylic acids is 1. The third-order valence-electron chi connectivity index (χ3n) is 5.62. The van der Waals surface area contributed by atoms with E-state index < -0.39 is 0 Å². The average Bonchev–Trinajstić information content (AvgIpc) is 3.35. The highest BCUT2D eigenvalue weighted by molar-refractivity contribution is 7.80. The Balaban J connectivity index is 1.52. The average molecular weight is 434 g/mol. The second-order valence-corrected chi connectivity index (χ2v) is 8.11. The largest absolute Gasteiger partial charge is 0.361 e. The summed E-state index contributed by atoms with van der Waals surface area (Å²) in [5.41, 5.74) is 5.06. The Hall–Kier alpha value is -3.19. The van der Waals surface area contributed by atoms with Crippen molar-refractivity contribution < 1.29 is 4.79 Å². The van der Waals surface area contributed by atoms with E-state index in [4.69, 9.17) is 12.2 Å². The smallest absolute Gasteiger partial charge is 0.226 e. The Bertz CT molecular complexity index is 1060. The molecule has 6 nitrogen and oxygen atoms in total. The highest BCUT2D eigenvalue weighted by Gasteiger charge is 2.40. The van der Waals surface area contributed by atoms with Crippen LogP contribution in [0.2, 0.25) is 0 Å². The number of amides is 1. The minimum Gasteiger partial charge on any atom is -0.361 e. The Labute approximate surface area is 188 Å². The predicted molar refractivity (Wildman–Crippen MR) is 127 cm³/mol. The number of thiocarbonyl (C=S) groups is 1. The van der Waals surface area contributed by atoms with Crippen molar-refractivity contribution in [1.29, 1.82) is 0 Å². The zero-order valence-electron chi connectivity index (χ0n) is 17.8. The van der Waals surface area contributed by atoms with E-state index >= 15 is 0 Å². The molecule has 0 spiro atoms. The molecule has 31 heavy (non-hydrogen) atoms. The first kappa shape index (κ1) is 21.1. The zero-order valence-corrected chi connectivity index (χ0v) is 18.6. The molecule has 1 aliphatic rings. The van der Waals surface area contributed by atoms with Gasteiger partial charge in [0.15, 0.2) is 5.11 Å². The molecule has 1 aliphatic heterocycles. The molecule has 7 heteroatoms. The van der Waals surface area contributed by atoms with Crippen LogP contribution in [0.3, 0.4) is 0 Å². The molecule has 1 aromatic carbocycles. The van der Waals surface area contributed by atoms with Gasteiger partial charge in [0.05, 0.1) is 17.8 Å². The summed E-state index contributed by atoms with van der Waals surface area (Å²) in [5, 5.41) is 7.10. The van der Waals surface area contributed by atoms with Crippen molar-refractivity contribution >= 4 is 28.9 Å². The molecule has 160 valence electrons. The van der Waals surface area contributed by atoms with Gasteiger partial charge in [0.1, 0.15) is 0 Å². The number of H-pyrrole nitrogens is 1. The molecule has 2 atom stereocenters. The molecule has 2 unspecified atom stereocenters. The molecule has 0 bridgehead atoms. The number of pyridine rings is 1. The number of rotatable bonds is 7. The predicted octanol–water partition coefficient (Wildman–Crippen LogP) is 4.28. The summed E-state index contributed by atoms with van der Waals surface area (Å²) < 4.78 is 0. The maximum Gasteiger partial charge on any atom is 0.226 e. The van der Waals surface area contributed by atoms with Gasteiger partial charge in [0.2, 0.25) is 5.91 Å². The SMILES string of the molecule is CCc1ccccc1NC(=O)CCN1C(=S)NC(c2ccccn2)C1c1ccc(C)[nH]1. The topological polar surface area (TPSA) is 73.1 Å². The van der Waals surface area contributed by atoms with Crippen LogP contribution >= 0.6 is 12.2 Å². The van der Waals surface area contributed by atoms with Gasteiger partial charge in [-0.15, -0.1) is 0 Å². The van der Waals surface area contributed by atoms with Gasteiger partial charge in [-0.2, -0.15) is 0 Å². The molecule has 2 aromatic heterocycles. The highest BCUT2D eigenvalue weighted by Crippen LogP contribution is 2.38. The molecule has 4 rings (SSSR count). The van der Waals surface area contributed by atoms with Gasteiger partial charge < -0.3 is 20.5 Å². The lowest BCUT2D eigenvalue weighted by Gasteiger charge is -2.27. The monoisotopic (exact) mass is 433 g/mol. The first-order chi connectivity index (χ1) is 15.1. The van der Waals surface area contributed by atoms with Crippen molar-refractivity contribution in [3.8, 4) is 0 Å². The van der Waals surface area contributed by atoms with E-state index in [0.29, 0.717) is 18.1 Å². The summed E-state index contributed by atoms with van der Waals surface area (Å²) in [7, 11) is 0. The van der Waals surface area contributed by atoms with Crippen LogP contribution in [0.4, 0.5) is 5.69 Å². The van der Waals surface area contributed by atoms with Gasteiger partial charge in [-0.3, -0.25) is 9.78 Å². The van der Waals surface area contributed by atoms with Crippen molar-refractivity contribution in [2.24, 2.45) is 0 Å². The van der Waals surface area contributed by atoms with E-state index in [1.807, 2.05) is 49.4 Å². The quantitative estimate of drug-likeness (QED) is 0.485. The number of aryl methyl sites for hydroxylation is 2. The van der Waals surface area contributed by atoms with Crippen LogP contribution in [0, 0.1) is 6.92 Å². The fourth-order valence-corrected chi connectivity index (χ4v) is 4.40. The number of nitrogens with zero attached hydrogens (tertiary/aromatic N) is 2. The van der Waals surface area contributed by atoms with E-state index in [-0.39, 0.29) is 18.0 Å². The van der Waals surface area contributed by atoms with E-state index in [1.165, 1.54) is 0 Å². The summed E-state index contributed by atoms with van der Waals surface area (Å²) in [6.07, 6.45) is 3.00. The molecule has 0 saturated carbocycles. The van der Waals surface area contributed by atoms with Gasteiger partial charge in [-0.1, -0.05) is 31.2 Å². The molecule has 1 saturated heterocycles. The minimum atomic E-state index is -0.0874. The maximum absolute atomic E-state index is 12.7. The van der Waals surface area contributed by atoms with E-state index in [2.05, 4.69) is 44.6 Å². The van der Waals surface area contributed by atoms with Gasteiger partial charge in [-0.05, 0) is 61.5 Å². The lowest BCUT2D eigenvalue weighted by molar-refractivity contribution is -0.116. The van der Waals surface area contributed by atoms with Crippen LogP contribution in [-0.4, -0.2) is 32.4 Å². The summed E-state index contributed by atoms with van der Waals surface area (Å²) in [4.78, 5) is 22.8. The van der Waals surface area contributed by atoms with Crippen LogP contribution in [0.15, 0.2) is 60.8 Å². The van der Waals surface area contributed by atoms with E-state index in [1.54, 1.807) is 6.20 Å². The van der Waals surface area contributed by atoms with Gasteiger partial charge in [-0.25, -0.2) is 0 Å². The Morgan fingerprint density at radius 1 is 1.16 bits per heavy atom. The summed E-state index contributed by atoms with van der Waals surface area (Å²) in [6.45, 7) is 4.63. The number of aromatic amines is 1. The fourth-order valence-electron chi connectivity index (χ4n) is 4.07. The van der Waals surface area contributed by atoms with E-state index in [9.17, 15) is 4.79 Å². The molecule has 1 fully saturated rings. The van der Waals surface area contributed by atoms with Crippen molar-refractivity contribution in [2.75, 3.05) is 11.9 Å². The number of anilines is 1. The van der Waals surface area contributed by atoms with Crippen LogP contribution in [-0.2, 0) is 11.2 Å². The van der Waals surface area contributed by atoms with E-state index in [0.717, 1.165) is 34.8 Å². The molecule has 0 radical (unpaired) electrons. The molecular formula is C24H27N5OS. The van der Waals surface area contributed by atoms with Crippen LogP contribution < -0.4 is 10.6 Å². The van der Waals surface area contributed by atoms with Crippen molar-refractivity contribution in [3.05, 3.63) is 83.4 Å². The van der Waals surface area contributed by atoms with Gasteiger partial charge in [0, 0.05) is 36.2 Å². The normalized spacial score (nSPS) is 18.1. The number of benzene rings is 1. The Morgan fingerprint density at radius 3 is 2.68 bits per heavy atom. The molecule has 0 aliphatic carbocycles. The summed E-state index contributed by atoms with van der Waals surface area (Å²) in [6, 6.07) is 17.8. The molecule has 1 amide bonds. The molecule has 3 heterocycles. The maximum atomic E-state index is 12.7. The summed E-state index contributed by atoms with van der Waals surface area (Å²) in [5.74, 6) is -0.0218. The second-order valence-electron chi connectivity index (χ2n) is 7.73. The van der Waals surface area contributed by atoms with Crippen molar-refractivity contribution in [2.45, 2.75) is 38.8 Å². The zero-order chi connectivity index (χ0) is 21.8. The fraction of sp³-hybridized carbons (Fsp3) is 0.292. The summed E-state index contributed by atoms with van der Waals surface area (Å²) >= 11 is 5.66. The minimum absolute atomic E-state index is 0.0218. The van der Waals surface area contributed by atoms with Crippen molar-refractivity contribution in [1.82, 2.24) is 20.2 Å². The highest BCUT2D eigenvalue weighted by atomic mass is 32.1. The standard InChI is InChI=1S/C24H27N5OS/c1-3-17-8-4-5-9-18(17)27-21(30)13-15-29-23(20-12-11-16(2)26-20)22(28-24(29)31)19-10-6-7-14-25-19/h4-12,14,22-23,26H,3,13,15H2,1-2H3,(H,27,30)(H,28,31). The number of nitrogens with one attached hydrogen (secondary N) is 3. The van der Waals surface area contributed by atoms with Crippen LogP contribution in [0.25, 0.3) is 0 Å². The molecule has 3 N–H and O–H groups in total. The van der Waals surface area contributed by atoms with Gasteiger partial charge in [0.25, 0.3) is 0 Å². The lowest BCUT2D eigenvalue weighted by Crippen LogP contribution is -2.33. The van der Waals surface area contributed by atoms with Crippen LogP contribution in [0.1, 0.15) is 48.1 Å². The second kappa shape index (κ2) is 9.31. The number of hydrogen-bond acceptors (Lipinski definition) is 3. The third-order valence-corrected chi connectivity index (χ3v) is 5.98. The first-order valence-electron chi connectivity index (χ1n) is 10.6. The number of carbonyl (C=O) groups is 1. The third kappa shape index (κ3) is 4.61. The van der Waals surface area contributed by atoms with Gasteiger partial charge >= 0.3 is 0 Å². The van der Waals surface area contributed by atoms with Crippen LogP contribution in [0.5, 0.6) is 0 Å². The number of hydrogen-bond donors (Lipinski definition) is 3. The molecular weight excluding hydrogens is 406 g/mol. The first-order valence-corrected chi connectivity index (χ1v) is 11.0. The van der Waals surface area contributed by atoms with Crippen molar-refractivity contribution in [3.63, 3.8) is 0 Å². The number of aromatic nitrogens is 2. The number of para-hydroxylation sites is 1. The lowest BCUT2D eigenvalue weighted by atomic mass is 10.0. The Morgan fingerprint density at radius 2 is 1.97 bits per heavy atom.